The maximum atomic E-state index is 12.4. The van der Waals surface area contributed by atoms with Crippen LogP contribution in [0.15, 0.2) is 58.5 Å². The van der Waals surface area contributed by atoms with Gasteiger partial charge >= 0.3 is 6.03 Å². The van der Waals surface area contributed by atoms with E-state index in [4.69, 9.17) is 4.42 Å². The first kappa shape index (κ1) is 17.0. The van der Waals surface area contributed by atoms with Crippen LogP contribution in [0.5, 0.6) is 0 Å². The number of amides is 2. The smallest absolute Gasteiger partial charge is 0.324 e. The van der Waals surface area contributed by atoms with Gasteiger partial charge in [0.1, 0.15) is 11.5 Å². The molecule has 4 aromatic rings. The van der Waals surface area contributed by atoms with Gasteiger partial charge in [-0.3, -0.25) is 5.32 Å². The van der Waals surface area contributed by atoms with Gasteiger partial charge in [-0.05, 0) is 38.1 Å². The molecule has 0 radical (unpaired) electrons. The van der Waals surface area contributed by atoms with Crippen molar-refractivity contribution >= 4 is 28.9 Å². The molecule has 0 spiro atoms. The number of carbonyl (C=O) groups is 1. The van der Waals surface area contributed by atoms with E-state index in [2.05, 4.69) is 20.7 Å². The number of aryl methyl sites for hydroxylation is 2. The number of rotatable bonds is 4. The highest BCUT2D eigenvalue weighted by molar-refractivity contribution is 7.12. The van der Waals surface area contributed by atoms with Crippen LogP contribution in [0.25, 0.3) is 16.6 Å². The Morgan fingerprint density at radius 1 is 1.15 bits per heavy atom. The summed E-state index contributed by atoms with van der Waals surface area (Å²) in [7, 11) is 0. The summed E-state index contributed by atoms with van der Waals surface area (Å²) >= 11 is 1.42. The first-order valence-corrected chi connectivity index (χ1v) is 9.17. The Morgan fingerprint density at radius 2 is 1.96 bits per heavy atom. The number of hydrogen-bond donors (Lipinski definition) is 2. The zero-order chi connectivity index (χ0) is 18.8. The van der Waals surface area contributed by atoms with Gasteiger partial charge in [-0.2, -0.15) is 9.78 Å². The molecule has 0 saturated heterocycles. The lowest BCUT2D eigenvalue weighted by Crippen LogP contribution is -2.21. The van der Waals surface area contributed by atoms with Crippen LogP contribution in [0.1, 0.15) is 11.3 Å². The molecule has 0 atom stereocenters. The molecule has 4 rings (SSSR count). The fraction of sp³-hybridized carbons (Fsp3) is 0.105. The molecule has 7 nitrogen and oxygen atoms in total. The predicted molar refractivity (Wildman–Crippen MR) is 105 cm³/mol. The molecule has 3 heterocycles. The van der Waals surface area contributed by atoms with Gasteiger partial charge in [0.05, 0.1) is 12.0 Å². The van der Waals surface area contributed by atoms with Crippen LogP contribution >= 0.6 is 11.3 Å². The monoisotopic (exact) mass is 379 g/mol. The number of anilines is 2. The predicted octanol–water partition coefficient (Wildman–Crippen LogP) is 4.85. The summed E-state index contributed by atoms with van der Waals surface area (Å²) in [6.07, 6.45) is 1.61. The summed E-state index contributed by atoms with van der Waals surface area (Å²) in [5.74, 6) is 1.23. The number of benzene rings is 1. The number of hydrogen-bond acceptors (Lipinski definition) is 5. The summed E-state index contributed by atoms with van der Waals surface area (Å²) in [6, 6.07) is 12.7. The Bertz CT molecular complexity index is 1060. The lowest BCUT2D eigenvalue weighted by molar-refractivity contribution is 0.262. The van der Waals surface area contributed by atoms with Crippen molar-refractivity contribution in [3.63, 3.8) is 0 Å². The Hall–Kier alpha value is -3.39. The minimum absolute atomic E-state index is 0.345. The maximum absolute atomic E-state index is 12.4. The standard InChI is InChI=1S/C19H17N5O2S/c1-12-5-7-14(8-6-12)20-18(25)22-17-10-13(2)23-24(17)19-21-15(11-27-19)16-4-3-9-26-16/h3-11H,1-2H3,(H2,20,22,25). The average molecular weight is 379 g/mol. The summed E-state index contributed by atoms with van der Waals surface area (Å²) in [5.41, 5.74) is 3.35. The van der Waals surface area contributed by atoms with Gasteiger partial charge in [0.25, 0.3) is 0 Å². The summed E-state index contributed by atoms with van der Waals surface area (Å²) in [5, 5.41) is 12.6. The van der Waals surface area contributed by atoms with E-state index in [0.29, 0.717) is 16.7 Å². The third kappa shape index (κ3) is 3.75. The molecule has 3 aromatic heterocycles. The highest BCUT2D eigenvalue weighted by atomic mass is 32.1. The number of aromatic nitrogens is 3. The molecule has 0 fully saturated rings. The normalized spacial score (nSPS) is 10.7. The topological polar surface area (TPSA) is 85.0 Å². The van der Waals surface area contributed by atoms with E-state index < -0.39 is 0 Å². The van der Waals surface area contributed by atoms with Crippen LogP contribution in [0, 0.1) is 13.8 Å². The van der Waals surface area contributed by atoms with Gasteiger partial charge < -0.3 is 9.73 Å². The van der Waals surface area contributed by atoms with E-state index in [-0.39, 0.29) is 6.03 Å². The molecule has 8 heteroatoms. The molecular formula is C19H17N5O2S. The SMILES string of the molecule is Cc1ccc(NC(=O)Nc2cc(C)nn2-c2nc(-c3ccco3)cs2)cc1. The maximum Gasteiger partial charge on any atom is 0.324 e. The Kier molecular flexibility index (Phi) is 4.47. The molecule has 0 aliphatic carbocycles. The molecule has 0 aliphatic heterocycles. The number of thiazole rings is 1. The van der Waals surface area contributed by atoms with E-state index in [9.17, 15) is 4.79 Å². The van der Waals surface area contributed by atoms with Gasteiger partial charge in [-0.25, -0.2) is 9.78 Å². The van der Waals surface area contributed by atoms with Crippen LogP contribution in [0.2, 0.25) is 0 Å². The average Bonchev–Trinajstić information content (AvgIpc) is 3.37. The van der Waals surface area contributed by atoms with Crippen molar-refractivity contribution in [1.82, 2.24) is 14.8 Å². The summed E-state index contributed by atoms with van der Waals surface area (Å²) < 4.78 is 6.99. The van der Waals surface area contributed by atoms with Crippen molar-refractivity contribution in [1.29, 1.82) is 0 Å². The number of nitrogens with zero attached hydrogens (tertiary/aromatic N) is 3. The summed E-state index contributed by atoms with van der Waals surface area (Å²) in [6.45, 7) is 3.86. The van der Waals surface area contributed by atoms with Crippen LogP contribution in [0.3, 0.4) is 0 Å². The van der Waals surface area contributed by atoms with E-state index in [0.717, 1.165) is 22.6 Å². The first-order valence-electron chi connectivity index (χ1n) is 8.29. The molecule has 1 aromatic carbocycles. The van der Waals surface area contributed by atoms with Gasteiger partial charge in [0.15, 0.2) is 5.76 Å². The lowest BCUT2D eigenvalue weighted by atomic mass is 10.2. The molecule has 27 heavy (non-hydrogen) atoms. The van der Waals surface area contributed by atoms with Crippen LogP contribution in [-0.2, 0) is 0 Å². The van der Waals surface area contributed by atoms with Gasteiger partial charge in [0.2, 0.25) is 5.13 Å². The van der Waals surface area contributed by atoms with E-state index >= 15 is 0 Å². The lowest BCUT2D eigenvalue weighted by Gasteiger charge is -2.08. The molecule has 0 bridgehead atoms. The van der Waals surface area contributed by atoms with E-state index in [1.54, 1.807) is 17.0 Å². The van der Waals surface area contributed by atoms with E-state index in [1.165, 1.54) is 11.3 Å². The molecule has 0 unspecified atom stereocenters. The van der Waals surface area contributed by atoms with Crippen molar-refractivity contribution in [2.75, 3.05) is 10.6 Å². The Labute approximate surface area is 159 Å². The number of carbonyl (C=O) groups excluding carboxylic acids is 1. The van der Waals surface area contributed by atoms with E-state index in [1.807, 2.05) is 55.6 Å². The molecule has 0 saturated carbocycles. The zero-order valence-corrected chi connectivity index (χ0v) is 15.6. The van der Waals surface area contributed by atoms with Crippen molar-refractivity contribution in [3.05, 3.63) is 65.4 Å². The second-order valence-electron chi connectivity index (χ2n) is 6.02. The van der Waals surface area contributed by atoms with Crippen LogP contribution in [-0.4, -0.2) is 20.8 Å². The largest absolute Gasteiger partial charge is 0.463 e. The minimum atomic E-state index is -0.345. The van der Waals surface area contributed by atoms with Gasteiger partial charge in [0, 0.05) is 17.1 Å². The third-order valence-corrected chi connectivity index (χ3v) is 4.65. The fourth-order valence-corrected chi connectivity index (χ4v) is 3.32. The van der Waals surface area contributed by atoms with Gasteiger partial charge in [-0.15, -0.1) is 11.3 Å². The quantitative estimate of drug-likeness (QED) is 0.531. The Morgan fingerprint density at radius 3 is 2.70 bits per heavy atom. The molecule has 136 valence electrons. The van der Waals surface area contributed by atoms with Crippen LogP contribution in [0.4, 0.5) is 16.3 Å². The molecule has 0 aliphatic rings. The summed E-state index contributed by atoms with van der Waals surface area (Å²) in [4.78, 5) is 16.9. The van der Waals surface area contributed by atoms with Crippen LogP contribution < -0.4 is 10.6 Å². The van der Waals surface area contributed by atoms with Gasteiger partial charge in [-0.1, -0.05) is 17.7 Å². The zero-order valence-electron chi connectivity index (χ0n) is 14.8. The fourth-order valence-electron chi connectivity index (χ4n) is 2.55. The second kappa shape index (κ2) is 7.08. The highest BCUT2D eigenvalue weighted by Crippen LogP contribution is 2.26. The van der Waals surface area contributed by atoms with Crippen molar-refractivity contribution < 1.29 is 9.21 Å². The van der Waals surface area contributed by atoms with Crippen molar-refractivity contribution in [2.45, 2.75) is 13.8 Å². The third-order valence-electron chi connectivity index (χ3n) is 3.83. The molecular weight excluding hydrogens is 362 g/mol. The number of furan rings is 1. The Balaban J connectivity index is 1.54. The molecule has 2 N–H and O–H groups in total. The number of urea groups is 1. The van der Waals surface area contributed by atoms with Crippen molar-refractivity contribution in [2.24, 2.45) is 0 Å². The van der Waals surface area contributed by atoms with Crippen molar-refractivity contribution in [3.8, 4) is 16.6 Å². The number of nitrogens with one attached hydrogen (secondary N) is 2. The highest BCUT2D eigenvalue weighted by Gasteiger charge is 2.15. The first-order chi connectivity index (χ1) is 13.1. The molecule has 2 amide bonds. The minimum Gasteiger partial charge on any atom is -0.463 e. The second-order valence-corrected chi connectivity index (χ2v) is 6.86.